The van der Waals surface area contributed by atoms with E-state index in [9.17, 15) is 4.79 Å². The quantitative estimate of drug-likeness (QED) is 0.601. The van der Waals surface area contributed by atoms with Gasteiger partial charge in [-0.3, -0.25) is 9.69 Å². The van der Waals surface area contributed by atoms with Gasteiger partial charge in [-0.15, -0.1) is 0 Å². The molecule has 0 bridgehead atoms. The van der Waals surface area contributed by atoms with Crippen LogP contribution in [0, 0.1) is 13.8 Å². The largest absolute Gasteiger partial charge is 0.497 e. The minimum absolute atomic E-state index is 0.0439. The average Bonchev–Trinajstić information content (AvgIpc) is 3.38. The first-order chi connectivity index (χ1) is 15.5. The van der Waals surface area contributed by atoms with Gasteiger partial charge in [0.25, 0.3) is 0 Å². The van der Waals surface area contributed by atoms with E-state index in [4.69, 9.17) is 9.47 Å². The fraction of sp³-hybridized carbons (Fsp3) is 0.360. The van der Waals surface area contributed by atoms with Crippen molar-refractivity contribution in [3.8, 4) is 17.2 Å². The zero-order chi connectivity index (χ0) is 22.7. The van der Waals surface area contributed by atoms with Crippen LogP contribution < -0.4 is 14.8 Å². The maximum absolute atomic E-state index is 13.0. The van der Waals surface area contributed by atoms with Gasteiger partial charge in [0.1, 0.15) is 11.5 Å². The number of carbonyl (C=O) groups excluding carboxylic acids is 1. The summed E-state index contributed by atoms with van der Waals surface area (Å²) in [5.41, 5.74) is 4.51. The van der Waals surface area contributed by atoms with Crippen LogP contribution in [0.1, 0.15) is 35.8 Å². The second-order valence-electron chi connectivity index (χ2n) is 8.08. The molecule has 1 amide bonds. The third-order valence-corrected chi connectivity index (χ3v) is 6.06. The number of nitrogens with one attached hydrogen (secondary N) is 1. The molecule has 1 aliphatic rings. The Kier molecular flexibility index (Phi) is 6.46. The SMILES string of the molecule is COc1ccc(OC)c([C@H]2CCCN2CC(=O)Nc2c(C)nn(-c3ccccc3)c2C)c1. The first kappa shape index (κ1) is 21.9. The number of para-hydroxylation sites is 1. The van der Waals surface area contributed by atoms with Crippen molar-refractivity contribution in [2.45, 2.75) is 32.7 Å². The lowest BCUT2D eigenvalue weighted by molar-refractivity contribution is -0.117. The van der Waals surface area contributed by atoms with Gasteiger partial charge in [0, 0.05) is 11.6 Å². The fourth-order valence-corrected chi connectivity index (χ4v) is 4.47. The van der Waals surface area contributed by atoms with Crippen molar-refractivity contribution in [3.63, 3.8) is 0 Å². The molecule has 1 aromatic heterocycles. The Labute approximate surface area is 188 Å². The normalized spacial score (nSPS) is 16.2. The van der Waals surface area contributed by atoms with Crippen LogP contribution in [0.2, 0.25) is 0 Å². The minimum atomic E-state index is -0.0439. The van der Waals surface area contributed by atoms with Crippen LogP contribution in [0.15, 0.2) is 48.5 Å². The second kappa shape index (κ2) is 9.44. The average molecular weight is 435 g/mol. The van der Waals surface area contributed by atoms with Crippen LogP contribution in [0.5, 0.6) is 11.5 Å². The van der Waals surface area contributed by atoms with E-state index < -0.39 is 0 Å². The van der Waals surface area contributed by atoms with E-state index in [0.717, 1.165) is 59.2 Å². The molecule has 32 heavy (non-hydrogen) atoms. The first-order valence-electron chi connectivity index (χ1n) is 10.9. The van der Waals surface area contributed by atoms with Crippen LogP contribution in [0.4, 0.5) is 5.69 Å². The molecule has 1 saturated heterocycles. The third-order valence-electron chi connectivity index (χ3n) is 6.06. The molecule has 0 saturated carbocycles. The van der Waals surface area contributed by atoms with E-state index in [-0.39, 0.29) is 11.9 Å². The van der Waals surface area contributed by atoms with E-state index in [1.54, 1.807) is 14.2 Å². The number of aromatic nitrogens is 2. The fourth-order valence-electron chi connectivity index (χ4n) is 4.47. The van der Waals surface area contributed by atoms with Crippen LogP contribution in [-0.2, 0) is 4.79 Å². The van der Waals surface area contributed by atoms with Crippen molar-refractivity contribution >= 4 is 11.6 Å². The Morgan fingerprint density at radius 2 is 1.91 bits per heavy atom. The highest BCUT2D eigenvalue weighted by Crippen LogP contribution is 2.38. The number of ether oxygens (including phenoxy) is 2. The molecule has 0 radical (unpaired) electrons. The van der Waals surface area contributed by atoms with Gasteiger partial charge in [0.15, 0.2) is 0 Å². The number of hydrogen-bond acceptors (Lipinski definition) is 5. The van der Waals surface area contributed by atoms with Crippen molar-refractivity contribution in [2.24, 2.45) is 0 Å². The zero-order valence-electron chi connectivity index (χ0n) is 19.1. The number of amides is 1. The lowest BCUT2D eigenvalue weighted by atomic mass is 10.0. The summed E-state index contributed by atoms with van der Waals surface area (Å²) >= 11 is 0. The van der Waals surface area contributed by atoms with Gasteiger partial charge in [-0.1, -0.05) is 18.2 Å². The number of likely N-dealkylation sites (tertiary alicyclic amines) is 1. The number of aryl methyl sites for hydroxylation is 1. The molecule has 7 heteroatoms. The molecule has 1 atom stereocenters. The number of carbonyl (C=O) groups is 1. The van der Waals surface area contributed by atoms with E-state index in [2.05, 4.69) is 15.3 Å². The summed E-state index contributed by atoms with van der Waals surface area (Å²) in [6.07, 6.45) is 2.00. The van der Waals surface area contributed by atoms with Crippen molar-refractivity contribution in [3.05, 3.63) is 65.5 Å². The molecule has 1 N–H and O–H groups in total. The summed E-state index contributed by atoms with van der Waals surface area (Å²) < 4.78 is 12.9. The Balaban J connectivity index is 1.51. The Bertz CT molecular complexity index is 1090. The van der Waals surface area contributed by atoms with Gasteiger partial charge in [-0.25, -0.2) is 4.68 Å². The van der Waals surface area contributed by atoms with Gasteiger partial charge < -0.3 is 14.8 Å². The summed E-state index contributed by atoms with van der Waals surface area (Å²) in [5, 5.41) is 7.73. The molecule has 2 aromatic carbocycles. The lowest BCUT2D eigenvalue weighted by Crippen LogP contribution is -2.33. The Morgan fingerprint density at radius 3 is 2.62 bits per heavy atom. The van der Waals surface area contributed by atoms with Gasteiger partial charge in [0.2, 0.25) is 5.91 Å². The highest BCUT2D eigenvalue weighted by atomic mass is 16.5. The van der Waals surface area contributed by atoms with Crippen LogP contribution >= 0.6 is 0 Å². The molecule has 168 valence electrons. The highest BCUT2D eigenvalue weighted by Gasteiger charge is 2.30. The number of methoxy groups -OCH3 is 2. The maximum Gasteiger partial charge on any atom is 0.238 e. The number of rotatable bonds is 7. The topological polar surface area (TPSA) is 68.6 Å². The lowest BCUT2D eigenvalue weighted by Gasteiger charge is -2.26. The third kappa shape index (κ3) is 4.34. The number of nitrogens with zero attached hydrogens (tertiary/aromatic N) is 3. The summed E-state index contributed by atoms with van der Waals surface area (Å²) in [7, 11) is 3.33. The van der Waals surface area contributed by atoms with Crippen molar-refractivity contribution in [1.82, 2.24) is 14.7 Å². The Morgan fingerprint density at radius 1 is 1.12 bits per heavy atom. The van der Waals surface area contributed by atoms with Crippen LogP contribution in [0.25, 0.3) is 5.69 Å². The van der Waals surface area contributed by atoms with Crippen molar-refractivity contribution in [2.75, 3.05) is 32.6 Å². The molecule has 0 spiro atoms. The van der Waals surface area contributed by atoms with Crippen LogP contribution in [0.3, 0.4) is 0 Å². The van der Waals surface area contributed by atoms with E-state index in [1.807, 2.05) is 67.1 Å². The molecular weight excluding hydrogens is 404 g/mol. The maximum atomic E-state index is 13.0. The van der Waals surface area contributed by atoms with Gasteiger partial charge in [-0.2, -0.15) is 5.10 Å². The summed E-state index contributed by atoms with van der Waals surface area (Å²) in [5.74, 6) is 1.56. The van der Waals surface area contributed by atoms with Crippen LogP contribution in [-0.4, -0.2) is 47.9 Å². The molecule has 0 unspecified atom stereocenters. The smallest absolute Gasteiger partial charge is 0.238 e. The van der Waals surface area contributed by atoms with Gasteiger partial charge in [0.05, 0.1) is 43.5 Å². The molecule has 1 fully saturated rings. The van der Waals surface area contributed by atoms with Crippen molar-refractivity contribution < 1.29 is 14.3 Å². The highest BCUT2D eigenvalue weighted by molar-refractivity contribution is 5.93. The predicted octanol–water partition coefficient (Wildman–Crippen LogP) is 4.28. The minimum Gasteiger partial charge on any atom is -0.497 e. The molecule has 1 aliphatic heterocycles. The predicted molar refractivity (Wildman–Crippen MR) is 125 cm³/mol. The van der Waals surface area contributed by atoms with E-state index in [1.165, 1.54) is 0 Å². The molecular formula is C25H30N4O3. The molecule has 3 aromatic rings. The van der Waals surface area contributed by atoms with Crippen molar-refractivity contribution in [1.29, 1.82) is 0 Å². The monoisotopic (exact) mass is 434 g/mol. The summed E-state index contributed by atoms with van der Waals surface area (Å²) in [6, 6.07) is 15.9. The molecule has 0 aliphatic carbocycles. The van der Waals surface area contributed by atoms with E-state index >= 15 is 0 Å². The standard InChI is InChI=1S/C25H30N4O3/c1-17-25(18(2)29(27-17)19-9-6-5-7-10-19)26-24(30)16-28-14-8-11-22(28)21-15-20(31-3)12-13-23(21)32-4/h5-7,9-10,12-13,15,22H,8,11,14,16H2,1-4H3,(H,26,30)/t22-/m1/s1. The number of benzene rings is 2. The Hall–Kier alpha value is -3.32. The summed E-state index contributed by atoms with van der Waals surface area (Å²) in [4.78, 5) is 15.2. The van der Waals surface area contributed by atoms with Gasteiger partial charge >= 0.3 is 0 Å². The molecule has 2 heterocycles. The molecule has 7 nitrogen and oxygen atoms in total. The van der Waals surface area contributed by atoms with Gasteiger partial charge in [-0.05, 0) is 63.6 Å². The zero-order valence-corrected chi connectivity index (χ0v) is 19.1. The second-order valence-corrected chi connectivity index (χ2v) is 8.08. The number of anilines is 1. The molecule has 4 rings (SSSR count). The number of hydrogen-bond donors (Lipinski definition) is 1. The first-order valence-corrected chi connectivity index (χ1v) is 10.9. The van der Waals surface area contributed by atoms with E-state index in [0.29, 0.717) is 6.54 Å². The summed E-state index contributed by atoms with van der Waals surface area (Å²) in [6.45, 7) is 5.06.